The van der Waals surface area contributed by atoms with Crippen LogP contribution in [0.1, 0.15) is 6.42 Å². The van der Waals surface area contributed by atoms with Crippen LogP contribution in [-0.2, 0) is 14.6 Å². The number of fused-ring (bicyclic) bond motifs is 1. The number of rotatable bonds is 7. The number of thiazole rings is 1. The van der Waals surface area contributed by atoms with Crippen molar-refractivity contribution in [1.82, 2.24) is 9.88 Å². The molecular weight excluding hydrogens is 469 g/mol. The lowest BCUT2D eigenvalue weighted by Crippen LogP contribution is -2.49. The minimum Gasteiger partial charge on any atom is -0.493 e. The zero-order valence-electron chi connectivity index (χ0n) is 18.3. The summed E-state index contributed by atoms with van der Waals surface area (Å²) in [4.78, 5) is 21.1. The summed E-state index contributed by atoms with van der Waals surface area (Å²) in [6, 6.07) is 8.43. The summed E-state index contributed by atoms with van der Waals surface area (Å²) in [7, 11) is -0.485. The van der Waals surface area contributed by atoms with Crippen LogP contribution in [0.4, 0.5) is 9.52 Å². The van der Waals surface area contributed by atoms with E-state index in [1.165, 1.54) is 12.1 Å². The third-order valence-corrected chi connectivity index (χ3v) is 8.36. The molecule has 1 fully saturated rings. The van der Waals surface area contributed by atoms with E-state index in [1.807, 2.05) is 12.1 Å². The SMILES string of the molecule is COc1ccc2sc(N3CCN(C(=O)CCS(=O)(=O)c4ccc(F)cc4)CC3)nc2c1OC. The van der Waals surface area contributed by atoms with Crippen LogP contribution in [0.15, 0.2) is 41.3 Å². The molecule has 1 aliphatic rings. The maximum absolute atomic E-state index is 13.0. The van der Waals surface area contributed by atoms with E-state index in [0.29, 0.717) is 37.7 Å². The molecule has 1 saturated heterocycles. The second kappa shape index (κ2) is 9.52. The zero-order valence-corrected chi connectivity index (χ0v) is 19.9. The Balaban J connectivity index is 1.36. The molecule has 8 nitrogen and oxygen atoms in total. The van der Waals surface area contributed by atoms with E-state index >= 15 is 0 Å². The molecule has 1 aliphatic heterocycles. The number of piperazine rings is 1. The van der Waals surface area contributed by atoms with Gasteiger partial charge in [0.05, 0.1) is 29.6 Å². The molecule has 0 spiro atoms. The number of hydrogen-bond acceptors (Lipinski definition) is 8. The van der Waals surface area contributed by atoms with Crippen LogP contribution in [0.3, 0.4) is 0 Å². The molecule has 0 unspecified atom stereocenters. The minimum absolute atomic E-state index is 0.0180. The summed E-state index contributed by atoms with van der Waals surface area (Å²) in [5.41, 5.74) is 0.737. The molecule has 0 aliphatic carbocycles. The topological polar surface area (TPSA) is 89.0 Å². The van der Waals surface area contributed by atoms with E-state index < -0.39 is 15.7 Å². The molecule has 1 aromatic heterocycles. The van der Waals surface area contributed by atoms with Crippen molar-refractivity contribution in [2.24, 2.45) is 0 Å². The van der Waals surface area contributed by atoms with Gasteiger partial charge < -0.3 is 19.3 Å². The Labute approximate surface area is 195 Å². The number of amides is 1. The highest BCUT2D eigenvalue weighted by Crippen LogP contribution is 2.40. The maximum atomic E-state index is 13.0. The monoisotopic (exact) mass is 493 g/mol. The van der Waals surface area contributed by atoms with Gasteiger partial charge in [0.1, 0.15) is 11.3 Å². The van der Waals surface area contributed by atoms with Gasteiger partial charge >= 0.3 is 0 Å². The number of aromatic nitrogens is 1. The number of benzene rings is 2. The third kappa shape index (κ3) is 4.88. The summed E-state index contributed by atoms with van der Waals surface area (Å²) >= 11 is 1.54. The number of hydrogen-bond donors (Lipinski definition) is 0. The van der Waals surface area contributed by atoms with Crippen LogP contribution in [0, 0.1) is 5.82 Å². The lowest BCUT2D eigenvalue weighted by Gasteiger charge is -2.34. The van der Waals surface area contributed by atoms with Crippen molar-refractivity contribution in [3.8, 4) is 11.5 Å². The van der Waals surface area contributed by atoms with Gasteiger partial charge in [0, 0.05) is 32.6 Å². The van der Waals surface area contributed by atoms with Crippen molar-refractivity contribution in [2.45, 2.75) is 11.3 Å². The lowest BCUT2D eigenvalue weighted by atomic mass is 10.3. The van der Waals surface area contributed by atoms with Gasteiger partial charge in [-0.25, -0.2) is 17.8 Å². The Bertz CT molecular complexity index is 1250. The first kappa shape index (κ1) is 23.2. The largest absolute Gasteiger partial charge is 0.493 e. The fraction of sp³-hybridized carbons (Fsp3) is 0.364. The molecule has 1 amide bonds. The van der Waals surface area contributed by atoms with E-state index in [1.54, 1.807) is 30.5 Å². The summed E-state index contributed by atoms with van der Waals surface area (Å²) in [5.74, 6) is 0.183. The zero-order chi connectivity index (χ0) is 23.6. The van der Waals surface area contributed by atoms with Crippen LogP contribution in [-0.4, -0.2) is 70.4 Å². The van der Waals surface area contributed by atoms with Crippen molar-refractivity contribution in [2.75, 3.05) is 51.1 Å². The van der Waals surface area contributed by atoms with Crippen LogP contribution in [0.2, 0.25) is 0 Å². The number of nitrogens with zero attached hydrogens (tertiary/aromatic N) is 3. The predicted octanol–water partition coefficient (Wildman–Crippen LogP) is 2.97. The Morgan fingerprint density at radius 3 is 2.39 bits per heavy atom. The number of anilines is 1. The number of halogens is 1. The average Bonchev–Trinajstić information content (AvgIpc) is 3.26. The van der Waals surface area contributed by atoms with Gasteiger partial charge in [0.25, 0.3) is 0 Å². The quantitative estimate of drug-likeness (QED) is 0.468. The van der Waals surface area contributed by atoms with Gasteiger partial charge in [0.2, 0.25) is 5.91 Å². The maximum Gasteiger partial charge on any atom is 0.223 e. The highest BCUT2D eigenvalue weighted by Gasteiger charge is 2.25. The van der Waals surface area contributed by atoms with Gasteiger partial charge in [-0.1, -0.05) is 11.3 Å². The van der Waals surface area contributed by atoms with Crippen LogP contribution in [0.25, 0.3) is 10.2 Å². The second-order valence-corrected chi connectivity index (χ2v) is 10.7. The Morgan fingerprint density at radius 1 is 1.06 bits per heavy atom. The Hall–Kier alpha value is -2.92. The number of ether oxygens (including phenoxy) is 2. The molecule has 11 heteroatoms. The van der Waals surface area contributed by atoms with Crippen LogP contribution >= 0.6 is 11.3 Å². The summed E-state index contributed by atoms with van der Waals surface area (Å²) in [5, 5.41) is 0.836. The van der Waals surface area contributed by atoms with E-state index in [0.717, 1.165) is 27.5 Å². The number of carbonyl (C=O) groups is 1. The highest BCUT2D eigenvalue weighted by atomic mass is 32.2. The number of carbonyl (C=O) groups excluding carboxylic acids is 1. The van der Waals surface area contributed by atoms with E-state index in [2.05, 4.69) is 4.90 Å². The molecule has 0 bridgehead atoms. The summed E-state index contributed by atoms with van der Waals surface area (Å²) < 4.78 is 49.7. The van der Waals surface area contributed by atoms with E-state index in [9.17, 15) is 17.6 Å². The molecule has 4 rings (SSSR count). The van der Waals surface area contributed by atoms with Crippen molar-refractivity contribution in [1.29, 1.82) is 0 Å². The van der Waals surface area contributed by atoms with Crippen LogP contribution < -0.4 is 14.4 Å². The van der Waals surface area contributed by atoms with Crippen molar-refractivity contribution >= 4 is 42.4 Å². The second-order valence-electron chi connectivity index (χ2n) is 7.53. The van der Waals surface area contributed by atoms with Gasteiger partial charge in [-0.2, -0.15) is 0 Å². The predicted molar refractivity (Wildman–Crippen MR) is 125 cm³/mol. The van der Waals surface area contributed by atoms with E-state index in [-0.39, 0.29) is 23.0 Å². The first-order valence-corrected chi connectivity index (χ1v) is 12.8. The van der Waals surface area contributed by atoms with Gasteiger partial charge in [-0.3, -0.25) is 4.79 Å². The molecule has 0 radical (unpaired) electrons. The Morgan fingerprint density at radius 2 is 1.76 bits per heavy atom. The lowest BCUT2D eigenvalue weighted by molar-refractivity contribution is -0.131. The van der Waals surface area contributed by atoms with Crippen molar-refractivity contribution in [3.05, 3.63) is 42.2 Å². The smallest absolute Gasteiger partial charge is 0.223 e. The van der Waals surface area contributed by atoms with Gasteiger partial charge in [-0.15, -0.1) is 0 Å². The molecule has 2 heterocycles. The Kier molecular flexibility index (Phi) is 6.71. The molecule has 3 aromatic rings. The summed E-state index contributed by atoms with van der Waals surface area (Å²) in [6.45, 7) is 2.14. The fourth-order valence-corrected chi connectivity index (χ4v) is 5.97. The first-order valence-electron chi connectivity index (χ1n) is 10.3. The average molecular weight is 494 g/mol. The van der Waals surface area contributed by atoms with Crippen molar-refractivity contribution in [3.63, 3.8) is 0 Å². The molecule has 176 valence electrons. The third-order valence-electron chi connectivity index (χ3n) is 5.55. The first-order chi connectivity index (χ1) is 15.8. The molecule has 0 atom stereocenters. The molecule has 33 heavy (non-hydrogen) atoms. The highest BCUT2D eigenvalue weighted by molar-refractivity contribution is 7.91. The van der Waals surface area contributed by atoms with Crippen molar-refractivity contribution < 1.29 is 27.1 Å². The fourth-order valence-electron chi connectivity index (χ4n) is 3.72. The van der Waals surface area contributed by atoms with Crippen LogP contribution in [0.5, 0.6) is 11.5 Å². The molecule has 2 aromatic carbocycles. The standard InChI is InChI=1S/C22H24FN3O5S2/c1-30-17-7-8-18-20(21(17)31-2)24-22(32-18)26-12-10-25(11-13-26)19(27)9-14-33(28,29)16-5-3-15(23)4-6-16/h3-8H,9-14H2,1-2H3. The van der Waals surface area contributed by atoms with E-state index in [4.69, 9.17) is 14.5 Å². The summed E-state index contributed by atoms with van der Waals surface area (Å²) in [6.07, 6.45) is -0.113. The number of sulfone groups is 1. The number of methoxy groups -OCH3 is 2. The minimum atomic E-state index is -3.65. The molecule has 0 N–H and O–H groups in total. The molecular formula is C22H24FN3O5S2. The van der Waals surface area contributed by atoms with Gasteiger partial charge in [0.15, 0.2) is 26.5 Å². The normalized spacial score (nSPS) is 14.5. The van der Waals surface area contributed by atoms with Gasteiger partial charge in [-0.05, 0) is 36.4 Å². The molecule has 0 saturated carbocycles.